The molecule has 0 aliphatic carbocycles. The molecule has 196 valence electrons. The first-order valence-electron chi connectivity index (χ1n) is 12.5. The number of aryl methyl sites for hydroxylation is 2. The fourth-order valence-electron chi connectivity index (χ4n) is 4.92. The Kier molecular flexibility index (Phi) is 6.13. The van der Waals surface area contributed by atoms with E-state index in [1.54, 1.807) is 41.8 Å². The first-order chi connectivity index (χ1) is 18.3. The van der Waals surface area contributed by atoms with Crippen molar-refractivity contribution in [3.8, 4) is 0 Å². The summed E-state index contributed by atoms with van der Waals surface area (Å²) in [6, 6.07) is 17.6. The maximum Gasteiger partial charge on any atom is 0.283 e. The third kappa shape index (κ3) is 4.32. The molecule has 4 heterocycles. The maximum atomic E-state index is 13.4. The Hall–Kier alpha value is -3.80. The summed E-state index contributed by atoms with van der Waals surface area (Å²) in [5.41, 5.74) is 3.91. The SMILES string of the molecule is Cc1ccc(S(=O)(=O)n2nc(C)c3ccc(Nc4nc5cccc(C(O)C6CCOCC6)n5n4)cc32)cc1. The van der Waals surface area contributed by atoms with Gasteiger partial charge in [-0.3, -0.25) is 0 Å². The minimum Gasteiger partial charge on any atom is -0.387 e. The first kappa shape index (κ1) is 24.5. The average Bonchev–Trinajstić information content (AvgIpc) is 3.49. The van der Waals surface area contributed by atoms with Crippen LogP contribution in [0.5, 0.6) is 0 Å². The minimum atomic E-state index is -3.89. The lowest BCUT2D eigenvalue weighted by molar-refractivity contribution is 0.00480. The summed E-state index contributed by atoms with van der Waals surface area (Å²) in [6.45, 7) is 4.97. The highest BCUT2D eigenvalue weighted by Crippen LogP contribution is 2.31. The van der Waals surface area contributed by atoms with Gasteiger partial charge in [-0.1, -0.05) is 23.8 Å². The van der Waals surface area contributed by atoms with Gasteiger partial charge < -0.3 is 15.2 Å². The van der Waals surface area contributed by atoms with Crippen LogP contribution < -0.4 is 5.32 Å². The van der Waals surface area contributed by atoms with Crippen molar-refractivity contribution in [2.75, 3.05) is 18.5 Å². The number of benzene rings is 2. The van der Waals surface area contributed by atoms with Crippen LogP contribution in [-0.2, 0) is 14.8 Å². The van der Waals surface area contributed by atoms with Gasteiger partial charge in [0.25, 0.3) is 10.0 Å². The van der Waals surface area contributed by atoms with E-state index in [0.717, 1.165) is 27.9 Å². The number of nitrogens with one attached hydrogen (secondary N) is 1. The molecular formula is C27H28N6O4S. The number of anilines is 2. The molecule has 0 saturated carbocycles. The topological polar surface area (TPSA) is 124 Å². The van der Waals surface area contributed by atoms with E-state index in [0.29, 0.717) is 47.4 Å². The molecule has 10 nitrogen and oxygen atoms in total. The standard InChI is InChI=1S/C27H28N6O4S/c1-17-6-9-21(10-7-17)38(35,36)33-24-16-20(8-11-22(24)18(2)30-33)28-27-29-25-5-3-4-23(32(25)31-27)26(34)19-12-14-37-15-13-19/h3-11,16,19,26,34H,12-15H2,1-2H3,(H,28,31). The second-order valence-corrected chi connectivity index (χ2v) is 11.4. The maximum absolute atomic E-state index is 13.4. The number of ether oxygens (including phenoxy) is 1. The van der Waals surface area contributed by atoms with Gasteiger partial charge in [0.1, 0.15) is 0 Å². The van der Waals surface area contributed by atoms with Crippen LogP contribution in [0.15, 0.2) is 65.6 Å². The Balaban J connectivity index is 1.35. The zero-order valence-corrected chi connectivity index (χ0v) is 21.9. The highest BCUT2D eigenvalue weighted by Gasteiger charge is 2.26. The van der Waals surface area contributed by atoms with Gasteiger partial charge in [0.15, 0.2) is 5.65 Å². The van der Waals surface area contributed by atoms with Gasteiger partial charge in [-0.2, -0.15) is 22.6 Å². The molecular weight excluding hydrogens is 504 g/mol. The molecule has 3 aromatic heterocycles. The second kappa shape index (κ2) is 9.50. The molecule has 6 rings (SSSR count). The molecule has 1 aliphatic rings. The van der Waals surface area contributed by atoms with E-state index in [1.165, 1.54) is 0 Å². The molecule has 0 spiro atoms. The lowest BCUT2D eigenvalue weighted by Gasteiger charge is -2.26. The van der Waals surface area contributed by atoms with Gasteiger partial charge in [-0.15, -0.1) is 5.10 Å². The minimum absolute atomic E-state index is 0.0939. The molecule has 0 radical (unpaired) electrons. The quantitative estimate of drug-likeness (QED) is 0.335. The van der Waals surface area contributed by atoms with Crippen LogP contribution >= 0.6 is 0 Å². The van der Waals surface area contributed by atoms with Crippen LogP contribution in [0.4, 0.5) is 11.6 Å². The highest BCUT2D eigenvalue weighted by atomic mass is 32.2. The average molecular weight is 533 g/mol. The van der Waals surface area contributed by atoms with Crippen molar-refractivity contribution >= 4 is 38.2 Å². The number of rotatable bonds is 6. The Morgan fingerprint density at radius 3 is 2.55 bits per heavy atom. The summed E-state index contributed by atoms with van der Waals surface area (Å²) >= 11 is 0. The van der Waals surface area contributed by atoms with Crippen molar-refractivity contribution in [2.24, 2.45) is 5.92 Å². The van der Waals surface area contributed by atoms with Crippen molar-refractivity contribution in [3.05, 3.63) is 77.6 Å². The second-order valence-electron chi connectivity index (χ2n) is 9.65. The zero-order chi connectivity index (χ0) is 26.4. The molecule has 2 N–H and O–H groups in total. The van der Waals surface area contributed by atoms with Crippen LogP contribution in [0.1, 0.15) is 35.9 Å². The largest absolute Gasteiger partial charge is 0.387 e. The van der Waals surface area contributed by atoms with Crippen LogP contribution in [0.25, 0.3) is 16.6 Å². The molecule has 1 fully saturated rings. The van der Waals surface area contributed by atoms with Crippen LogP contribution in [0, 0.1) is 19.8 Å². The van der Waals surface area contributed by atoms with Crippen LogP contribution in [0.2, 0.25) is 0 Å². The monoisotopic (exact) mass is 532 g/mol. The first-order valence-corrected chi connectivity index (χ1v) is 14.0. The highest BCUT2D eigenvalue weighted by molar-refractivity contribution is 7.90. The predicted octanol–water partition coefficient (Wildman–Crippen LogP) is 4.14. The van der Waals surface area contributed by atoms with Crippen molar-refractivity contribution in [2.45, 2.75) is 37.7 Å². The third-order valence-electron chi connectivity index (χ3n) is 7.04. The van der Waals surface area contributed by atoms with Crippen LogP contribution in [-0.4, -0.2) is 50.5 Å². The van der Waals surface area contributed by atoms with E-state index in [2.05, 4.69) is 20.5 Å². The molecule has 1 unspecified atom stereocenters. The summed E-state index contributed by atoms with van der Waals surface area (Å²) in [4.78, 5) is 4.74. The van der Waals surface area contributed by atoms with Crippen molar-refractivity contribution in [3.63, 3.8) is 0 Å². The van der Waals surface area contributed by atoms with E-state index < -0.39 is 16.1 Å². The van der Waals surface area contributed by atoms with E-state index in [4.69, 9.17) is 4.74 Å². The van der Waals surface area contributed by atoms with E-state index >= 15 is 0 Å². The number of hydrogen-bond donors (Lipinski definition) is 2. The molecule has 1 saturated heterocycles. The Labute approximate surface area is 219 Å². The number of hydrogen-bond acceptors (Lipinski definition) is 8. The van der Waals surface area contributed by atoms with Crippen molar-refractivity contribution < 1.29 is 18.3 Å². The van der Waals surface area contributed by atoms with E-state index in [9.17, 15) is 13.5 Å². The molecule has 0 amide bonds. The Bertz CT molecular complexity index is 1740. The number of aliphatic hydroxyl groups excluding tert-OH is 1. The van der Waals surface area contributed by atoms with Gasteiger partial charge >= 0.3 is 0 Å². The molecule has 1 aliphatic heterocycles. The van der Waals surface area contributed by atoms with E-state index in [-0.39, 0.29) is 10.8 Å². The zero-order valence-electron chi connectivity index (χ0n) is 21.1. The summed E-state index contributed by atoms with van der Waals surface area (Å²) in [5, 5.41) is 23.9. The van der Waals surface area contributed by atoms with Crippen LogP contribution in [0.3, 0.4) is 0 Å². The third-order valence-corrected chi connectivity index (χ3v) is 8.64. The number of nitrogens with zero attached hydrogens (tertiary/aromatic N) is 5. The molecule has 0 bridgehead atoms. The number of fused-ring (bicyclic) bond motifs is 2. The summed E-state index contributed by atoms with van der Waals surface area (Å²) < 4.78 is 35.0. The fourth-order valence-corrected chi connectivity index (χ4v) is 6.23. The van der Waals surface area contributed by atoms with Gasteiger partial charge in [-0.25, -0.2) is 4.52 Å². The molecule has 38 heavy (non-hydrogen) atoms. The fraction of sp³-hybridized carbons (Fsp3) is 0.296. The number of aliphatic hydroxyl groups is 1. The van der Waals surface area contributed by atoms with Gasteiger partial charge in [-0.05, 0) is 75.1 Å². The van der Waals surface area contributed by atoms with Gasteiger partial charge in [0, 0.05) is 24.3 Å². The summed E-state index contributed by atoms with van der Waals surface area (Å²) in [7, 11) is -3.89. The molecule has 2 aromatic carbocycles. The van der Waals surface area contributed by atoms with E-state index in [1.807, 2.05) is 37.3 Å². The number of pyridine rings is 1. The predicted molar refractivity (Wildman–Crippen MR) is 143 cm³/mol. The molecule has 11 heteroatoms. The molecule has 1 atom stereocenters. The normalized spacial score (nSPS) is 15.8. The summed E-state index contributed by atoms with van der Waals surface area (Å²) in [5.74, 6) is 0.427. The smallest absolute Gasteiger partial charge is 0.283 e. The lowest BCUT2D eigenvalue weighted by atomic mass is 9.92. The van der Waals surface area contributed by atoms with Crippen molar-refractivity contribution in [1.29, 1.82) is 0 Å². The summed E-state index contributed by atoms with van der Waals surface area (Å²) in [6.07, 6.45) is 0.893. The number of aromatic nitrogens is 5. The Morgan fingerprint density at radius 2 is 1.79 bits per heavy atom. The van der Waals surface area contributed by atoms with Gasteiger partial charge in [0.05, 0.1) is 27.9 Å². The van der Waals surface area contributed by atoms with Gasteiger partial charge in [0.2, 0.25) is 5.95 Å². The molecule has 5 aromatic rings. The van der Waals surface area contributed by atoms with Crippen molar-refractivity contribution in [1.82, 2.24) is 23.8 Å². The Morgan fingerprint density at radius 1 is 1.03 bits per heavy atom. The lowest BCUT2D eigenvalue weighted by Crippen LogP contribution is -2.23.